The van der Waals surface area contributed by atoms with Gasteiger partial charge in [0, 0.05) is 17.3 Å². The van der Waals surface area contributed by atoms with E-state index in [0.29, 0.717) is 5.69 Å². The van der Waals surface area contributed by atoms with Crippen LogP contribution in [0.4, 0.5) is 14.5 Å². The highest BCUT2D eigenvalue weighted by atomic mass is 35.5. The number of benzene rings is 2. The first-order valence-electron chi connectivity index (χ1n) is 5.18. The van der Waals surface area contributed by atoms with Crippen LogP contribution in [0.2, 0.25) is 5.02 Å². The quantitative estimate of drug-likeness (QED) is 0.861. The molecule has 0 aromatic heterocycles. The Balaban J connectivity index is 2.16. The molecule has 5 heteroatoms. The van der Waals surface area contributed by atoms with Crippen molar-refractivity contribution in [2.75, 3.05) is 5.73 Å². The summed E-state index contributed by atoms with van der Waals surface area (Å²) in [4.78, 5) is 0. The molecule has 0 radical (unpaired) electrons. The van der Waals surface area contributed by atoms with Gasteiger partial charge in [-0.15, -0.1) is 0 Å². The minimum Gasteiger partial charge on any atom is -0.486 e. The molecule has 0 unspecified atom stereocenters. The Kier molecular flexibility index (Phi) is 3.67. The maximum Gasteiger partial charge on any atom is 0.167 e. The summed E-state index contributed by atoms with van der Waals surface area (Å²) in [5.41, 5.74) is 5.89. The fourth-order valence-electron chi connectivity index (χ4n) is 1.45. The molecule has 0 saturated carbocycles. The molecule has 2 N–H and O–H groups in total. The summed E-state index contributed by atoms with van der Waals surface area (Å²) in [5.74, 6) is -1.08. The van der Waals surface area contributed by atoms with E-state index in [1.54, 1.807) is 6.07 Å². The summed E-state index contributed by atoms with van der Waals surface area (Å²) in [7, 11) is 0. The Morgan fingerprint density at radius 1 is 1.11 bits per heavy atom. The molecule has 2 aromatic rings. The van der Waals surface area contributed by atoms with E-state index in [0.717, 1.165) is 6.07 Å². The van der Waals surface area contributed by atoms with Crippen LogP contribution in [0.3, 0.4) is 0 Å². The predicted octanol–water partition coefficient (Wildman–Crippen LogP) is 3.78. The van der Waals surface area contributed by atoms with Crippen LogP contribution in [-0.2, 0) is 6.61 Å². The van der Waals surface area contributed by atoms with Crippen LogP contribution >= 0.6 is 11.6 Å². The summed E-state index contributed by atoms with van der Waals surface area (Å²) in [6, 6.07) is 8.33. The Morgan fingerprint density at radius 3 is 2.56 bits per heavy atom. The van der Waals surface area contributed by atoms with Crippen molar-refractivity contribution in [3.63, 3.8) is 0 Å². The van der Waals surface area contributed by atoms with Gasteiger partial charge in [0.1, 0.15) is 12.4 Å². The predicted molar refractivity (Wildman–Crippen MR) is 66.6 cm³/mol. The standard InChI is InChI=1S/C13H10ClF2NO/c14-10-2-1-3-11(15)9(10)7-18-13-5-4-8(17)6-12(13)16/h1-6H,7,17H2. The molecule has 2 nitrogen and oxygen atoms in total. The molecule has 0 heterocycles. The Morgan fingerprint density at radius 2 is 1.89 bits per heavy atom. The number of anilines is 1. The zero-order chi connectivity index (χ0) is 13.1. The topological polar surface area (TPSA) is 35.2 Å². The van der Waals surface area contributed by atoms with Crippen molar-refractivity contribution >= 4 is 17.3 Å². The van der Waals surface area contributed by atoms with Crippen molar-refractivity contribution in [2.45, 2.75) is 6.61 Å². The number of hydrogen-bond acceptors (Lipinski definition) is 2. The zero-order valence-corrected chi connectivity index (χ0v) is 10.0. The van der Waals surface area contributed by atoms with Crippen LogP contribution in [0, 0.1) is 11.6 Å². The molecule has 0 fully saturated rings. The third-order valence-corrected chi connectivity index (χ3v) is 2.74. The highest BCUT2D eigenvalue weighted by Gasteiger charge is 2.09. The lowest BCUT2D eigenvalue weighted by Gasteiger charge is -2.09. The van der Waals surface area contributed by atoms with Gasteiger partial charge < -0.3 is 10.5 Å². The number of nitrogen functional groups attached to an aromatic ring is 1. The van der Waals surface area contributed by atoms with Crippen molar-refractivity contribution in [3.8, 4) is 5.75 Å². The Bertz CT molecular complexity index is 555. The van der Waals surface area contributed by atoms with E-state index < -0.39 is 11.6 Å². The molecule has 0 aliphatic rings. The first kappa shape index (κ1) is 12.6. The molecule has 0 bridgehead atoms. The number of nitrogens with two attached hydrogens (primary N) is 1. The van der Waals surface area contributed by atoms with Crippen LogP contribution in [0.15, 0.2) is 36.4 Å². The second-order valence-electron chi connectivity index (χ2n) is 3.68. The van der Waals surface area contributed by atoms with E-state index in [2.05, 4.69) is 0 Å². The van der Waals surface area contributed by atoms with Gasteiger partial charge in [0.05, 0.1) is 5.02 Å². The van der Waals surface area contributed by atoms with E-state index in [1.165, 1.54) is 24.3 Å². The van der Waals surface area contributed by atoms with Gasteiger partial charge in [0.15, 0.2) is 11.6 Å². The minimum atomic E-state index is -0.595. The number of rotatable bonds is 3. The second kappa shape index (κ2) is 5.23. The molecular formula is C13H10ClF2NO. The van der Waals surface area contributed by atoms with Gasteiger partial charge >= 0.3 is 0 Å². The fourth-order valence-corrected chi connectivity index (χ4v) is 1.67. The second-order valence-corrected chi connectivity index (χ2v) is 4.09. The van der Waals surface area contributed by atoms with Gasteiger partial charge in [-0.25, -0.2) is 8.78 Å². The maximum atomic E-state index is 13.4. The van der Waals surface area contributed by atoms with Gasteiger partial charge in [0.2, 0.25) is 0 Å². The van der Waals surface area contributed by atoms with Crippen LogP contribution in [0.25, 0.3) is 0 Å². The zero-order valence-electron chi connectivity index (χ0n) is 9.29. The molecule has 0 amide bonds. The molecule has 0 spiro atoms. The average Bonchev–Trinajstić information content (AvgIpc) is 2.31. The van der Waals surface area contributed by atoms with E-state index in [4.69, 9.17) is 22.1 Å². The molecule has 0 aliphatic heterocycles. The lowest BCUT2D eigenvalue weighted by atomic mass is 10.2. The molecule has 94 valence electrons. The number of ether oxygens (including phenoxy) is 1. The summed E-state index contributed by atoms with van der Waals surface area (Å²) in [6.07, 6.45) is 0. The van der Waals surface area contributed by atoms with Crippen molar-refractivity contribution in [2.24, 2.45) is 0 Å². The summed E-state index contributed by atoms with van der Waals surface area (Å²) >= 11 is 5.83. The Labute approximate surface area is 108 Å². The highest BCUT2D eigenvalue weighted by molar-refractivity contribution is 6.31. The third-order valence-electron chi connectivity index (χ3n) is 2.39. The first-order chi connectivity index (χ1) is 8.58. The van der Waals surface area contributed by atoms with Crippen LogP contribution < -0.4 is 10.5 Å². The lowest BCUT2D eigenvalue weighted by molar-refractivity contribution is 0.285. The summed E-state index contributed by atoms with van der Waals surface area (Å²) < 4.78 is 32.0. The smallest absolute Gasteiger partial charge is 0.167 e. The van der Waals surface area contributed by atoms with E-state index in [-0.39, 0.29) is 22.9 Å². The fraction of sp³-hybridized carbons (Fsp3) is 0.0769. The van der Waals surface area contributed by atoms with Gasteiger partial charge in [-0.1, -0.05) is 17.7 Å². The SMILES string of the molecule is Nc1ccc(OCc2c(F)cccc2Cl)c(F)c1. The minimum absolute atomic E-state index is 0.00326. The van der Waals surface area contributed by atoms with E-state index in [1.807, 2.05) is 0 Å². The maximum absolute atomic E-state index is 13.4. The number of hydrogen-bond donors (Lipinski definition) is 1. The molecular weight excluding hydrogens is 260 g/mol. The lowest BCUT2D eigenvalue weighted by Crippen LogP contribution is -2.01. The largest absolute Gasteiger partial charge is 0.486 e. The van der Waals surface area contributed by atoms with E-state index >= 15 is 0 Å². The summed E-state index contributed by atoms with van der Waals surface area (Å²) in [5, 5.41) is 0.242. The third kappa shape index (κ3) is 2.71. The highest BCUT2D eigenvalue weighted by Crippen LogP contribution is 2.24. The normalized spacial score (nSPS) is 10.4. The average molecular weight is 270 g/mol. The van der Waals surface area contributed by atoms with Crippen LogP contribution in [0.5, 0.6) is 5.75 Å². The van der Waals surface area contributed by atoms with Gasteiger partial charge in [0.25, 0.3) is 0 Å². The Hall–Kier alpha value is -1.81. The van der Waals surface area contributed by atoms with Crippen molar-refractivity contribution in [1.82, 2.24) is 0 Å². The monoisotopic (exact) mass is 269 g/mol. The molecule has 2 rings (SSSR count). The number of halogens is 3. The molecule has 0 saturated heterocycles. The molecule has 18 heavy (non-hydrogen) atoms. The van der Waals surface area contributed by atoms with Crippen molar-refractivity contribution in [1.29, 1.82) is 0 Å². The first-order valence-corrected chi connectivity index (χ1v) is 5.56. The van der Waals surface area contributed by atoms with Crippen LogP contribution in [0.1, 0.15) is 5.56 Å². The van der Waals surface area contributed by atoms with E-state index in [9.17, 15) is 8.78 Å². The molecule has 0 atom stereocenters. The molecule has 0 aliphatic carbocycles. The van der Waals surface area contributed by atoms with Gasteiger partial charge in [-0.2, -0.15) is 0 Å². The van der Waals surface area contributed by atoms with Gasteiger partial charge in [-0.05, 0) is 24.3 Å². The van der Waals surface area contributed by atoms with Crippen LogP contribution in [-0.4, -0.2) is 0 Å². The van der Waals surface area contributed by atoms with Crippen molar-refractivity contribution < 1.29 is 13.5 Å². The molecule has 2 aromatic carbocycles. The van der Waals surface area contributed by atoms with Gasteiger partial charge in [-0.3, -0.25) is 0 Å². The van der Waals surface area contributed by atoms with Crippen molar-refractivity contribution in [3.05, 3.63) is 58.6 Å². The summed E-state index contributed by atoms with van der Waals surface area (Å²) in [6.45, 7) is -0.146.